The lowest BCUT2D eigenvalue weighted by molar-refractivity contribution is 0.198. The summed E-state index contributed by atoms with van der Waals surface area (Å²) in [6.45, 7) is 7.37. The highest BCUT2D eigenvalue weighted by Gasteiger charge is 2.23. The Morgan fingerprint density at radius 3 is 2.81 bits per heavy atom. The van der Waals surface area contributed by atoms with Gasteiger partial charge in [-0.05, 0) is 31.3 Å². The molecule has 0 aliphatic carbocycles. The molecule has 1 aliphatic heterocycles. The molecule has 0 saturated carbocycles. The first-order valence-electron chi connectivity index (χ1n) is 9.28. The lowest BCUT2D eigenvalue weighted by Crippen LogP contribution is -2.38. The Labute approximate surface area is 155 Å². The van der Waals surface area contributed by atoms with E-state index in [2.05, 4.69) is 35.1 Å². The Bertz CT molecular complexity index is 710. The highest BCUT2D eigenvalue weighted by Crippen LogP contribution is 2.31. The molecule has 2 aromatic rings. The third-order valence-electron chi connectivity index (χ3n) is 4.84. The summed E-state index contributed by atoms with van der Waals surface area (Å²) in [5, 5.41) is 3.35. The van der Waals surface area contributed by atoms with Crippen molar-refractivity contribution < 1.29 is 9.15 Å². The number of hydrogen-bond acceptors (Lipinski definition) is 4. The molecule has 2 heterocycles. The van der Waals surface area contributed by atoms with E-state index in [1.165, 1.54) is 0 Å². The number of furan rings is 1. The molecule has 2 unspecified atom stereocenters. The summed E-state index contributed by atoms with van der Waals surface area (Å²) in [4.78, 5) is 6.92. The molecule has 1 aromatic carbocycles. The molecule has 6 heteroatoms. The molecule has 6 nitrogen and oxygen atoms in total. The average Bonchev–Trinajstić information content (AvgIpc) is 3.20. The van der Waals surface area contributed by atoms with E-state index in [-0.39, 0.29) is 12.1 Å². The summed E-state index contributed by atoms with van der Waals surface area (Å²) in [6, 6.07) is 12.2. The normalized spacial score (nSPS) is 18.3. The number of nitrogens with zero attached hydrogens (tertiary/aromatic N) is 2. The Morgan fingerprint density at radius 1 is 1.27 bits per heavy atom. The van der Waals surface area contributed by atoms with Gasteiger partial charge in [0.15, 0.2) is 5.96 Å². The zero-order chi connectivity index (χ0) is 18.4. The zero-order valence-corrected chi connectivity index (χ0v) is 15.5. The number of para-hydroxylation sites is 1. The maximum absolute atomic E-state index is 6.20. The summed E-state index contributed by atoms with van der Waals surface area (Å²) in [7, 11) is 0. The molecule has 0 amide bonds. The molecular weight excluding hydrogens is 328 g/mol. The summed E-state index contributed by atoms with van der Waals surface area (Å²) in [5.41, 5.74) is 7.32. The molecule has 0 fully saturated rings. The molecule has 0 saturated heterocycles. The fourth-order valence-electron chi connectivity index (χ4n) is 3.43. The van der Waals surface area contributed by atoms with E-state index in [1.54, 1.807) is 6.26 Å². The fraction of sp³-hybridized carbons (Fsp3) is 0.450. The predicted molar refractivity (Wildman–Crippen MR) is 103 cm³/mol. The van der Waals surface area contributed by atoms with E-state index in [0.717, 1.165) is 36.6 Å². The lowest BCUT2D eigenvalue weighted by Gasteiger charge is -2.28. The van der Waals surface area contributed by atoms with E-state index < -0.39 is 0 Å². The van der Waals surface area contributed by atoms with Gasteiger partial charge in [-0.1, -0.05) is 32.0 Å². The second-order valence-corrected chi connectivity index (χ2v) is 6.35. The number of ether oxygens (including phenoxy) is 1. The van der Waals surface area contributed by atoms with Gasteiger partial charge in [-0.2, -0.15) is 0 Å². The van der Waals surface area contributed by atoms with Crippen LogP contribution in [0.4, 0.5) is 0 Å². The smallest absolute Gasteiger partial charge is 0.189 e. The van der Waals surface area contributed by atoms with Crippen molar-refractivity contribution in [3.63, 3.8) is 0 Å². The highest BCUT2D eigenvalue weighted by atomic mass is 16.5. The monoisotopic (exact) mass is 356 g/mol. The molecular formula is C20H28N4O2. The third-order valence-corrected chi connectivity index (χ3v) is 4.84. The van der Waals surface area contributed by atoms with Gasteiger partial charge in [0.05, 0.1) is 31.5 Å². The van der Waals surface area contributed by atoms with Gasteiger partial charge in [0, 0.05) is 12.0 Å². The van der Waals surface area contributed by atoms with Crippen LogP contribution in [0.5, 0.6) is 5.75 Å². The number of rotatable bonds is 7. The summed E-state index contributed by atoms with van der Waals surface area (Å²) in [5.74, 6) is 2.29. The number of nitrogens with one attached hydrogen (secondary N) is 1. The van der Waals surface area contributed by atoms with Crippen molar-refractivity contribution in [2.24, 2.45) is 10.7 Å². The summed E-state index contributed by atoms with van der Waals surface area (Å²) >= 11 is 0. The maximum Gasteiger partial charge on any atom is 0.189 e. The van der Waals surface area contributed by atoms with E-state index in [4.69, 9.17) is 14.9 Å². The summed E-state index contributed by atoms with van der Waals surface area (Å²) < 4.78 is 11.3. The van der Waals surface area contributed by atoms with Crippen molar-refractivity contribution in [2.75, 3.05) is 26.2 Å². The third kappa shape index (κ3) is 4.19. The number of guanidine groups is 1. The van der Waals surface area contributed by atoms with Crippen LogP contribution in [0.2, 0.25) is 0 Å². The van der Waals surface area contributed by atoms with Crippen LogP contribution in [0.15, 0.2) is 52.1 Å². The molecule has 2 atom stereocenters. The number of benzene rings is 1. The zero-order valence-electron chi connectivity index (χ0n) is 15.5. The number of hydrogen-bond donors (Lipinski definition) is 2. The van der Waals surface area contributed by atoms with E-state index in [9.17, 15) is 0 Å². The highest BCUT2D eigenvalue weighted by molar-refractivity contribution is 5.78. The van der Waals surface area contributed by atoms with E-state index in [0.29, 0.717) is 19.1 Å². The van der Waals surface area contributed by atoms with E-state index in [1.807, 2.05) is 30.3 Å². The SMILES string of the molecule is CCN(CC)C(CN=C(N)NC1CCOc2ccccc21)c1ccco1. The van der Waals surface area contributed by atoms with Crippen LogP contribution >= 0.6 is 0 Å². The van der Waals surface area contributed by atoms with Crippen molar-refractivity contribution in [3.8, 4) is 5.75 Å². The van der Waals surface area contributed by atoms with Gasteiger partial charge in [0.1, 0.15) is 11.5 Å². The minimum absolute atomic E-state index is 0.0855. The largest absolute Gasteiger partial charge is 0.493 e. The lowest BCUT2D eigenvalue weighted by atomic mass is 10.0. The van der Waals surface area contributed by atoms with Crippen molar-refractivity contribution in [2.45, 2.75) is 32.4 Å². The van der Waals surface area contributed by atoms with Gasteiger partial charge in [-0.15, -0.1) is 0 Å². The first kappa shape index (κ1) is 18.3. The molecule has 26 heavy (non-hydrogen) atoms. The molecule has 1 aliphatic rings. The second kappa shape index (κ2) is 8.76. The van der Waals surface area contributed by atoms with Gasteiger partial charge in [0.25, 0.3) is 0 Å². The number of fused-ring (bicyclic) bond motifs is 1. The van der Waals surface area contributed by atoms with Crippen molar-refractivity contribution in [3.05, 3.63) is 54.0 Å². The number of likely N-dealkylation sites (N-methyl/N-ethyl adjacent to an activating group) is 1. The van der Waals surface area contributed by atoms with Crippen LogP contribution in [-0.2, 0) is 0 Å². The minimum Gasteiger partial charge on any atom is -0.493 e. The first-order valence-corrected chi connectivity index (χ1v) is 9.28. The molecule has 3 N–H and O–H groups in total. The van der Waals surface area contributed by atoms with Gasteiger partial charge in [-0.3, -0.25) is 9.89 Å². The van der Waals surface area contributed by atoms with Crippen LogP contribution in [0.25, 0.3) is 0 Å². The molecule has 1 aromatic heterocycles. The summed E-state index contributed by atoms with van der Waals surface area (Å²) in [6.07, 6.45) is 2.57. The first-order chi connectivity index (χ1) is 12.7. The molecule has 0 spiro atoms. The minimum atomic E-state index is 0.0855. The van der Waals surface area contributed by atoms with Gasteiger partial charge < -0.3 is 20.2 Å². The Hall–Kier alpha value is -2.47. The maximum atomic E-state index is 6.20. The second-order valence-electron chi connectivity index (χ2n) is 6.35. The van der Waals surface area contributed by atoms with Crippen LogP contribution < -0.4 is 15.8 Å². The van der Waals surface area contributed by atoms with Gasteiger partial charge in [0.2, 0.25) is 0 Å². The predicted octanol–water partition coefficient (Wildman–Crippen LogP) is 3.09. The van der Waals surface area contributed by atoms with Crippen LogP contribution in [0.1, 0.15) is 43.7 Å². The topological polar surface area (TPSA) is 76.0 Å². The van der Waals surface area contributed by atoms with Crippen LogP contribution in [0.3, 0.4) is 0 Å². The average molecular weight is 356 g/mol. The van der Waals surface area contributed by atoms with E-state index >= 15 is 0 Å². The van der Waals surface area contributed by atoms with Gasteiger partial charge in [-0.25, -0.2) is 0 Å². The number of nitrogens with two attached hydrogens (primary N) is 1. The van der Waals surface area contributed by atoms with Gasteiger partial charge >= 0.3 is 0 Å². The Balaban J connectivity index is 1.69. The molecule has 3 rings (SSSR count). The molecule has 0 bridgehead atoms. The Morgan fingerprint density at radius 2 is 2.08 bits per heavy atom. The number of aliphatic imine (C=N–C) groups is 1. The Kier molecular flexibility index (Phi) is 6.17. The van der Waals surface area contributed by atoms with Crippen LogP contribution in [0, 0.1) is 0 Å². The van der Waals surface area contributed by atoms with Crippen molar-refractivity contribution in [1.29, 1.82) is 0 Å². The molecule has 0 radical (unpaired) electrons. The van der Waals surface area contributed by atoms with Crippen molar-refractivity contribution in [1.82, 2.24) is 10.2 Å². The standard InChI is InChI=1S/C20H28N4O2/c1-3-24(4-2)17(19-10-7-12-25-19)14-22-20(21)23-16-11-13-26-18-9-6-5-8-15(16)18/h5-10,12,16-17H,3-4,11,13-14H2,1-2H3,(H3,21,22,23). The fourth-order valence-corrected chi connectivity index (χ4v) is 3.43. The quantitative estimate of drug-likeness (QED) is 0.589. The van der Waals surface area contributed by atoms with Crippen molar-refractivity contribution >= 4 is 5.96 Å². The van der Waals surface area contributed by atoms with Crippen LogP contribution in [-0.4, -0.2) is 37.1 Å². The molecule has 140 valence electrons.